The van der Waals surface area contributed by atoms with Crippen molar-refractivity contribution in [2.75, 3.05) is 5.32 Å². The van der Waals surface area contributed by atoms with E-state index in [-0.39, 0.29) is 5.75 Å². The molecule has 7 heteroatoms. The first-order chi connectivity index (χ1) is 14.3. The largest absolute Gasteiger partial charge is 0.508 e. The number of carbonyl (C=O) groups excluding carboxylic acids is 1. The van der Waals surface area contributed by atoms with Gasteiger partial charge < -0.3 is 14.9 Å². The molecule has 3 aromatic rings. The SMILES string of the molecule is C[C@@H](/C=C/C(=O)O)[C@H](OC(=O)Nc1cccc2ccccc12)c1cc(I)ccc1O. The number of carboxylic acid groups (broad SMARTS) is 1. The topological polar surface area (TPSA) is 95.9 Å². The van der Waals surface area contributed by atoms with Gasteiger partial charge in [-0.1, -0.05) is 49.4 Å². The van der Waals surface area contributed by atoms with Gasteiger partial charge in [-0.25, -0.2) is 9.59 Å². The molecule has 0 spiro atoms. The van der Waals surface area contributed by atoms with Crippen LogP contribution in [0.2, 0.25) is 0 Å². The number of anilines is 1. The molecule has 0 radical (unpaired) electrons. The van der Waals surface area contributed by atoms with E-state index in [1.807, 2.05) is 36.4 Å². The number of hydrogen-bond acceptors (Lipinski definition) is 4. The Bertz CT molecular complexity index is 1110. The lowest BCUT2D eigenvalue weighted by atomic mass is 9.96. The average molecular weight is 517 g/mol. The number of ether oxygens (including phenoxy) is 1. The van der Waals surface area contributed by atoms with Crippen LogP contribution in [0.5, 0.6) is 5.75 Å². The lowest BCUT2D eigenvalue weighted by Gasteiger charge is -2.24. The second kappa shape index (κ2) is 9.62. The molecule has 0 unspecified atom stereocenters. The molecular formula is C23H20INO5. The third-order valence-electron chi connectivity index (χ3n) is 4.58. The smallest absolute Gasteiger partial charge is 0.412 e. The van der Waals surface area contributed by atoms with Gasteiger partial charge in [-0.2, -0.15) is 0 Å². The van der Waals surface area contributed by atoms with Crippen molar-refractivity contribution >= 4 is 51.1 Å². The summed E-state index contributed by atoms with van der Waals surface area (Å²) < 4.78 is 6.51. The number of carboxylic acids is 1. The van der Waals surface area contributed by atoms with Gasteiger partial charge in [0.2, 0.25) is 0 Å². The molecule has 0 aliphatic rings. The van der Waals surface area contributed by atoms with E-state index < -0.39 is 24.1 Å². The number of aromatic hydroxyl groups is 1. The fraction of sp³-hybridized carbons (Fsp3) is 0.130. The predicted octanol–water partition coefficient (Wildman–Crippen LogP) is 5.72. The molecule has 0 saturated carbocycles. The number of hydrogen-bond donors (Lipinski definition) is 3. The number of aliphatic carboxylic acids is 1. The highest BCUT2D eigenvalue weighted by molar-refractivity contribution is 14.1. The molecular weight excluding hydrogens is 497 g/mol. The normalized spacial score (nSPS) is 13.1. The van der Waals surface area contributed by atoms with Gasteiger partial charge in [0.25, 0.3) is 0 Å². The minimum atomic E-state index is -1.10. The fourth-order valence-electron chi connectivity index (χ4n) is 3.13. The van der Waals surface area contributed by atoms with Crippen molar-refractivity contribution in [3.05, 3.63) is 81.9 Å². The van der Waals surface area contributed by atoms with E-state index in [4.69, 9.17) is 9.84 Å². The molecule has 3 aromatic carbocycles. The number of benzene rings is 3. The summed E-state index contributed by atoms with van der Waals surface area (Å²) in [5.74, 6) is -1.63. The zero-order valence-electron chi connectivity index (χ0n) is 16.1. The van der Waals surface area contributed by atoms with Crippen LogP contribution in [0.1, 0.15) is 18.6 Å². The van der Waals surface area contributed by atoms with E-state index in [2.05, 4.69) is 27.9 Å². The highest BCUT2D eigenvalue weighted by Crippen LogP contribution is 2.35. The summed E-state index contributed by atoms with van der Waals surface area (Å²) in [6.07, 6.45) is 0.835. The van der Waals surface area contributed by atoms with Crippen LogP contribution in [0.25, 0.3) is 10.8 Å². The van der Waals surface area contributed by atoms with E-state index in [0.29, 0.717) is 11.3 Å². The van der Waals surface area contributed by atoms with E-state index in [1.54, 1.807) is 25.1 Å². The summed E-state index contributed by atoms with van der Waals surface area (Å²) in [5, 5.41) is 23.8. The number of nitrogens with one attached hydrogen (secondary N) is 1. The predicted molar refractivity (Wildman–Crippen MR) is 124 cm³/mol. The number of halogens is 1. The van der Waals surface area contributed by atoms with Gasteiger partial charge in [-0.05, 0) is 52.2 Å². The average Bonchev–Trinajstić information content (AvgIpc) is 2.72. The minimum Gasteiger partial charge on any atom is -0.508 e. The lowest BCUT2D eigenvalue weighted by molar-refractivity contribution is -0.131. The molecule has 3 N–H and O–H groups in total. The Labute approximate surface area is 187 Å². The summed E-state index contributed by atoms with van der Waals surface area (Å²) in [7, 11) is 0. The molecule has 30 heavy (non-hydrogen) atoms. The molecule has 0 heterocycles. The highest BCUT2D eigenvalue weighted by Gasteiger charge is 2.25. The molecule has 6 nitrogen and oxygen atoms in total. The molecule has 0 fully saturated rings. The highest BCUT2D eigenvalue weighted by atomic mass is 127. The zero-order chi connectivity index (χ0) is 21.7. The number of rotatable bonds is 6. The van der Waals surface area contributed by atoms with Crippen LogP contribution in [-0.4, -0.2) is 22.3 Å². The van der Waals surface area contributed by atoms with Crippen LogP contribution in [0.3, 0.4) is 0 Å². The number of carbonyl (C=O) groups is 2. The third-order valence-corrected chi connectivity index (χ3v) is 5.25. The number of phenols is 1. The van der Waals surface area contributed by atoms with Crippen LogP contribution in [0.15, 0.2) is 72.8 Å². The van der Waals surface area contributed by atoms with Gasteiger partial charge in [-0.15, -0.1) is 0 Å². The molecule has 0 aliphatic heterocycles. The molecule has 0 saturated heterocycles. The van der Waals surface area contributed by atoms with Crippen LogP contribution in [-0.2, 0) is 9.53 Å². The quantitative estimate of drug-likeness (QED) is 0.287. The van der Waals surface area contributed by atoms with Crippen LogP contribution in [0.4, 0.5) is 10.5 Å². The number of amides is 1. The molecule has 2 atom stereocenters. The van der Waals surface area contributed by atoms with Gasteiger partial charge in [-0.3, -0.25) is 5.32 Å². The maximum absolute atomic E-state index is 12.7. The molecule has 0 bridgehead atoms. The number of fused-ring (bicyclic) bond motifs is 1. The van der Waals surface area contributed by atoms with Gasteiger partial charge in [0, 0.05) is 26.5 Å². The Morgan fingerprint density at radius 2 is 1.83 bits per heavy atom. The molecule has 1 amide bonds. The molecule has 3 rings (SSSR count). The maximum Gasteiger partial charge on any atom is 0.412 e. The van der Waals surface area contributed by atoms with E-state index >= 15 is 0 Å². The Morgan fingerprint density at radius 3 is 2.60 bits per heavy atom. The second-order valence-corrected chi connectivity index (χ2v) is 7.98. The fourth-order valence-corrected chi connectivity index (χ4v) is 3.65. The summed E-state index contributed by atoms with van der Waals surface area (Å²) in [6.45, 7) is 1.72. The Hall–Kier alpha value is -3.07. The summed E-state index contributed by atoms with van der Waals surface area (Å²) >= 11 is 2.09. The summed E-state index contributed by atoms with van der Waals surface area (Å²) in [6, 6.07) is 18.1. The molecule has 154 valence electrons. The van der Waals surface area contributed by atoms with Crippen LogP contribution >= 0.6 is 22.6 Å². The van der Waals surface area contributed by atoms with Crippen molar-refractivity contribution in [3.8, 4) is 5.75 Å². The van der Waals surface area contributed by atoms with Crippen molar-refractivity contribution in [2.24, 2.45) is 5.92 Å². The second-order valence-electron chi connectivity index (χ2n) is 6.74. The molecule has 0 aliphatic carbocycles. The van der Waals surface area contributed by atoms with Crippen molar-refractivity contribution in [2.45, 2.75) is 13.0 Å². The first-order valence-corrected chi connectivity index (χ1v) is 10.3. The Balaban J connectivity index is 1.89. The van der Waals surface area contributed by atoms with Crippen molar-refractivity contribution in [3.63, 3.8) is 0 Å². The van der Waals surface area contributed by atoms with Crippen LogP contribution in [0, 0.1) is 9.49 Å². The Morgan fingerprint density at radius 1 is 1.10 bits per heavy atom. The van der Waals surface area contributed by atoms with E-state index in [9.17, 15) is 14.7 Å². The Kier molecular flexibility index (Phi) is 6.94. The van der Waals surface area contributed by atoms with Gasteiger partial charge in [0.15, 0.2) is 0 Å². The standard InChI is InChI=1S/C23H20INO5/c1-14(9-12-21(27)28)22(18-13-16(24)10-11-20(18)26)30-23(29)25-19-8-4-6-15-5-2-3-7-17(15)19/h2-14,22,26H,1H3,(H,25,29)(H,27,28)/b12-9+/t14-,22-/m0/s1. The van der Waals surface area contributed by atoms with Crippen molar-refractivity contribution in [1.82, 2.24) is 0 Å². The maximum atomic E-state index is 12.7. The number of phenolic OH excluding ortho intramolecular Hbond substituents is 1. The monoisotopic (exact) mass is 517 g/mol. The lowest BCUT2D eigenvalue weighted by Crippen LogP contribution is -2.21. The summed E-state index contributed by atoms with van der Waals surface area (Å²) in [5.41, 5.74) is 0.995. The van der Waals surface area contributed by atoms with E-state index in [0.717, 1.165) is 20.4 Å². The minimum absolute atomic E-state index is 0.0334. The van der Waals surface area contributed by atoms with Gasteiger partial charge in [0.05, 0.1) is 5.69 Å². The first-order valence-electron chi connectivity index (χ1n) is 9.20. The van der Waals surface area contributed by atoms with Gasteiger partial charge in [0.1, 0.15) is 11.9 Å². The van der Waals surface area contributed by atoms with Gasteiger partial charge >= 0.3 is 12.1 Å². The zero-order valence-corrected chi connectivity index (χ0v) is 18.2. The van der Waals surface area contributed by atoms with Crippen LogP contribution < -0.4 is 5.32 Å². The molecule has 0 aromatic heterocycles. The first kappa shape index (κ1) is 21.6. The van der Waals surface area contributed by atoms with Crippen molar-refractivity contribution in [1.29, 1.82) is 0 Å². The van der Waals surface area contributed by atoms with Crippen molar-refractivity contribution < 1.29 is 24.5 Å². The summed E-state index contributed by atoms with van der Waals surface area (Å²) in [4.78, 5) is 23.6. The van der Waals surface area contributed by atoms with E-state index in [1.165, 1.54) is 12.1 Å². The third kappa shape index (κ3) is 5.29.